The number of aromatic nitrogens is 4. The van der Waals surface area contributed by atoms with E-state index >= 15 is 0 Å². The third-order valence-corrected chi connectivity index (χ3v) is 3.33. The Kier molecular flexibility index (Phi) is 3.02. The van der Waals surface area contributed by atoms with Crippen molar-refractivity contribution in [1.29, 1.82) is 0 Å². The number of fused-ring (bicyclic) bond motifs is 1. The lowest BCUT2D eigenvalue weighted by Crippen LogP contribution is -2.20. The van der Waals surface area contributed by atoms with Crippen molar-refractivity contribution < 1.29 is 9.26 Å². The van der Waals surface area contributed by atoms with Crippen molar-refractivity contribution in [2.75, 3.05) is 7.11 Å². The van der Waals surface area contributed by atoms with Gasteiger partial charge in [-0.1, -0.05) is 17.3 Å². The minimum absolute atomic E-state index is 0.472. The Morgan fingerprint density at radius 2 is 2.10 bits per heavy atom. The van der Waals surface area contributed by atoms with E-state index in [0.717, 1.165) is 11.0 Å². The molecule has 0 atom stereocenters. The second-order valence-electron chi connectivity index (χ2n) is 5.09. The van der Waals surface area contributed by atoms with E-state index in [4.69, 9.17) is 9.26 Å². The predicted molar refractivity (Wildman–Crippen MR) is 73.2 cm³/mol. The van der Waals surface area contributed by atoms with Crippen molar-refractivity contribution in [2.24, 2.45) is 0 Å². The van der Waals surface area contributed by atoms with E-state index < -0.39 is 5.60 Å². The highest BCUT2D eigenvalue weighted by Crippen LogP contribution is 2.22. The third kappa shape index (κ3) is 2.18. The minimum atomic E-state index is -0.581. The molecule has 3 aromatic rings. The van der Waals surface area contributed by atoms with E-state index in [1.54, 1.807) is 13.4 Å². The molecule has 2 aromatic heterocycles. The molecule has 0 amide bonds. The lowest BCUT2D eigenvalue weighted by atomic mass is 10.1. The molecule has 0 saturated heterocycles. The van der Waals surface area contributed by atoms with Crippen LogP contribution in [0.1, 0.15) is 25.6 Å². The average Bonchev–Trinajstić information content (AvgIpc) is 3.08. The van der Waals surface area contributed by atoms with Gasteiger partial charge in [-0.25, -0.2) is 4.98 Å². The number of rotatable bonds is 4. The second-order valence-corrected chi connectivity index (χ2v) is 5.09. The van der Waals surface area contributed by atoms with Gasteiger partial charge in [-0.15, -0.1) is 0 Å². The molecule has 0 radical (unpaired) electrons. The van der Waals surface area contributed by atoms with Gasteiger partial charge in [0.05, 0.1) is 23.9 Å². The third-order valence-electron chi connectivity index (χ3n) is 3.33. The molecule has 0 aliphatic rings. The fourth-order valence-corrected chi connectivity index (χ4v) is 1.94. The summed E-state index contributed by atoms with van der Waals surface area (Å²) in [6, 6.07) is 7.94. The van der Waals surface area contributed by atoms with Gasteiger partial charge in [0.2, 0.25) is 0 Å². The number of methoxy groups -OCH3 is 1. The molecule has 0 unspecified atom stereocenters. The normalized spacial score (nSPS) is 12.2. The first kappa shape index (κ1) is 12.8. The van der Waals surface area contributed by atoms with Crippen molar-refractivity contribution in [2.45, 2.75) is 26.0 Å². The first-order valence-electron chi connectivity index (χ1n) is 6.38. The number of hydrogen-bond acceptors (Lipinski definition) is 5. The molecule has 6 heteroatoms. The molecule has 3 rings (SSSR count). The van der Waals surface area contributed by atoms with Crippen LogP contribution in [-0.4, -0.2) is 26.8 Å². The molecule has 0 saturated carbocycles. The van der Waals surface area contributed by atoms with Crippen LogP contribution in [0, 0.1) is 0 Å². The number of nitrogens with zero attached hydrogens (tertiary/aromatic N) is 4. The topological polar surface area (TPSA) is 66.0 Å². The highest BCUT2D eigenvalue weighted by Gasteiger charge is 2.27. The maximum atomic E-state index is 5.33. The quantitative estimate of drug-likeness (QED) is 0.729. The molecule has 0 aliphatic heterocycles. The first-order valence-corrected chi connectivity index (χ1v) is 6.38. The lowest BCUT2D eigenvalue weighted by molar-refractivity contribution is -0.00786. The Morgan fingerprint density at radius 3 is 2.90 bits per heavy atom. The first-order chi connectivity index (χ1) is 9.60. The lowest BCUT2D eigenvalue weighted by Gasteiger charge is -2.16. The fraction of sp³-hybridized carbons (Fsp3) is 0.357. The molecule has 0 N–H and O–H groups in total. The largest absolute Gasteiger partial charge is 0.369 e. The number of benzene rings is 1. The van der Waals surface area contributed by atoms with Crippen molar-refractivity contribution in [3.8, 4) is 0 Å². The van der Waals surface area contributed by atoms with E-state index in [-0.39, 0.29) is 0 Å². The summed E-state index contributed by atoms with van der Waals surface area (Å²) in [6.45, 7) is 4.29. The average molecular weight is 272 g/mol. The Morgan fingerprint density at radius 1 is 1.30 bits per heavy atom. The summed E-state index contributed by atoms with van der Waals surface area (Å²) in [7, 11) is 1.62. The second kappa shape index (κ2) is 4.72. The molecule has 0 bridgehead atoms. The molecular weight excluding hydrogens is 256 g/mol. The van der Waals surface area contributed by atoms with Gasteiger partial charge in [0.25, 0.3) is 5.89 Å². The Balaban J connectivity index is 1.88. The summed E-state index contributed by atoms with van der Waals surface area (Å²) in [4.78, 5) is 8.72. The van der Waals surface area contributed by atoms with Crippen LogP contribution in [0.5, 0.6) is 0 Å². The molecule has 20 heavy (non-hydrogen) atoms. The van der Waals surface area contributed by atoms with Crippen molar-refractivity contribution in [3.63, 3.8) is 0 Å². The fourth-order valence-electron chi connectivity index (χ4n) is 1.94. The Hall–Kier alpha value is -2.21. The highest BCUT2D eigenvalue weighted by atomic mass is 16.5. The van der Waals surface area contributed by atoms with Gasteiger partial charge in [-0.05, 0) is 26.0 Å². The van der Waals surface area contributed by atoms with Gasteiger partial charge in [-0.2, -0.15) is 4.98 Å². The molecule has 1 aromatic carbocycles. The zero-order valence-electron chi connectivity index (χ0n) is 11.7. The van der Waals surface area contributed by atoms with Crippen LogP contribution < -0.4 is 0 Å². The molecule has 0 aliphatic carbocycles. The highest BCUT2D eigenvalue weighted by molar-refractivity contribution is 5.74. The van der Waals surface area contributed by atoms with Gasteiger partial charge in [0.15, 0.2) is 5.82 Å². The Labute approximate surface area is 116 Å². The van der Waals surface area contributed by atoms with Crippen molar-refractivity contribution >= 4 is 11.0 Å². The summed E-state index contributed by atoms with van der Waals surface area (Å²) in [5.74, 6) is 1.08. The van der Waals surface area contributed by atoms with E-state index in [1.807, 2.05) is 42.7 Å². The molecule has 6 nitrogen and oxygen atoms in total. The smallest absolute Gasteiger partial charge is 0.258 e. The van der Waals surface area contributed by atoms with E-state index in [1.165, 1.54) is 0 Å². The van der Waals surface area contributed by atoms with E-state index in [2.05, 4.69) is 15.1 Å². The zero-order valence-corrected chi connectivity index (χ0v) is 11.7. The number of hydrogen-bond donors (Lipinski definition) is 0. The van der Waals surface area contributed by atoms with Crippen molar-refractivity contribution in [1.82, 2.24) is 19.7 Å². The summed E-state index contributed by atoms with van der Waals surface area (Å²) in [5, 5.41) is 4.00. The minimum Gasteiger partial charge on any atom is -0.369 e. The maximum absolute atomic E-state index is 5.33. The van der Waals surface area contributed by atoms with Gasteiger partial charge in [0.1, 0.15) is 5.60 Å². The summed E-state index contributed by atoms with van der Waals surface area (Å²) < 4.78 is 12.6. The summed E-state index contributed by atoms with van der Waals surface area (Å²) in [5.41, 5.74) is 1.42. The van der Waals surface area contributed by atoms with E-state index in [9.17, 15) is 0 Å². The van der Waals surface area contributed by atoms with Crippen LogP contribution in [0.25, 0.3) is 11.0 Å². The van der Waals surface area contributed by atoms with Gasteiger partial charge >= 0.3 is 0 Å². The van der Waals surface area contributed by atoms with Crippen LogP contribution in [0.4, 0.5) is 0 Å². The van der Waals surface area contributed by atoms with Gasteiger partial charge in [0, 0.05) is 7.11 Å². The van der Waals surface area contributed by atoms with Crippen LogP contribution in [0.2, 0.25) is 0 Å². The monoisotopic (exact) mass is 272 g/mol. The van der Waals surface area contributed by atoms with Gasteiger partial charge in [-0.3, -0.25) is 0 Å². The predicted octanol–water partition coefficient (Wildman–Crippen LogP) is 2.35. The molecule has 0 spiro atoms. The van der Waals surface area contributed by atoms with Crippen LogP contribution in [0.15, 0.2) is 35.1 Å². The number of para-hydroxylation sites is 2. The SMILES string of the molecule is COC(C)(C)c1nc(Cn2cnc3ccccc32)no1. The number of imidazole rings is 1. The Bertz CT molecular complexity index is 729. The molecule has 2 heterocycles. The van der Waals surface area contributed by atoms with Crippen molar-refractivity contribution in [3.05, 3.63) is 42.3 Å². The molecule has 0 fully saturated rings. The van der Waals surface area contributed by atoms with E-state index in [0.29, 0.717) is 18.3 Å². The van der Waals surface area contributed by atoms with Crippen LogP contribution >= 0.6 is 0 Å². The van der Waals surface area contributed by atoms with Gasteiger partial charge < -0.3 is 13.8 Å². The van der Waals surface area contributed by atoms with Crippen LogP contribution in [-0.2, 0) is 16.9 Å². The summed E-state index contributed by atoms with van der Waals surface area (Å²) in [6.07, 6.45) is 1.78. The van der Waals surface area contributed by atoms with Crippen LogP contribution in [0.3, 0.4) is 0 Å². The zero-order chi connectivity index (χ0) is 14.2. The maximum Gasteiger partial charge on any atom is 0.258 e. The molecule has 104 valence electrons. The standard InChI is InChI=1S/C14H16N4O2/c1-14(2,19-3)13-16-12(17-20-13)8-18-9-15-10-6-4-5-7-11(10)18/h4-7,9H,8H2,1-3H3. The molecular formula is C14H16N4O2. The summed E-state index contributed by atoms with van der Waals surface area (Å²) >= 11 is 0. The number of ether oxygens (including phenoxy) is 1.